The van der Waals surface area contributed by atoms with Crippen molar-refractivity contribution in [3.8, 4) is 11.5 Å². The summed E-state index contributed by atoms with van der Waals surface area (Å²) in [6.45, 7) is 2.72. The quantitative estimate of drug-likeness (QED) is 0.612. The second-order valence-corrected chi connectivity index (χ2v) is 6.39. The molecule has 0 saturated heterocycles. The molecular formula is C22H24N4O3. The highest BCUT2D eigenvalue weighted by Crippen LogP contribution is 2.18. The Labute approximate surface area is 170 Å². The zero-order chi connectivity index (χ0) is 20.6. The molecule has 1 aromatic heterocycles. The molecule has 0 bridgehead atoms. The molecule has 0 unspecified atom stereocenters. The van der Waals surface area contributed by atoms with E-state index in [9.17, 15) is 4.79 Å². The Morgan fingerprint density at radius 3 is 2.45 bits per heavy atom. The van der Waals surface area contributed by atoms with E-state index in [1.807, 2.05) is 48.5 Å². The van der Waals surface area contributed by atoms with E-state index in [1.54, 1.807) is 21.1 Å². The molecule has 3 rings (SSSR count). The highest BCUT2D eigenvalue weighted by Gasteiger charge is 2.12. The number of ether oxygens (including phenoxy) is 2. The van der Waals surface area contributed by atoms with Crippen molar-refractivity contribution < 1.29 is 14.3 Å². The fourth-order valence-electron chi connectivity index (χ4n) is 2.82. The number of rotatable bonds is 8. The van der Waals surface area contributed by atoms with Crippen LogP contribution in [0.1, 0.15) is 27.2 Å². The number of anilines is 1. The molecule has 7 nitrogen and oxygen atoms in total. The van der Waals surface area contributed by atoms with Crippen molar-refractivity contribution in [2.45, 2.75) is 20.0 Å². The number of nitrogens with one attached hydrogen (secondary N) is 2. The summed E-state index contributed by atoms with van der Waals surface area (Å²) in [4.78, 5) is 21.2. The van der Waals surface area contributed by atoms with Crippen LogP contribution in [0.15, 0.2) is 54.7 Å². The maximum absolute atomic E-state index is 12.5. The average molecular weight is 392 g/mol. The number of carbonyl (C=O) groups is 1. The first-order valence-electron chi connectivity index (χ1n) is 9.21. The van der Waals surface area contributed by atoms with Gasteiger partial charge >= 0.3 is 0 Å². The maximum atomic E-state index is 12.5. The highest BCUT2D eigenvalue weighted by molar-refractivity contribution is 5.94. The van der Waals surface area contributed by atoms with Crippen LogP contribution >= 0.6 is 0 Å². The van der Waals surface area contributed by atoms with Crippen LogP contribution in [0, 0.1) is 6.92 Å². The van der Waals surface area contributed by atoms with Crippen molar-refractivity contribution in [1.82, 2.24) is 15.3 Å². The number of benzene rings is 2. The summed E-state index contributed by atoms with van der Waals surface area (Å²) < 4.78 is 10.5. The van der Waals surface area contributed by atoms with E-state index in [2.05, 4.69) is 20.6 Å². The number of hydrogen-bond donors (Lipinski definition) is 2. The molecule has 0 fully saturated rings. The van der Waals surface area contributed by atoms with Gasteiger partial charge in [-0.25, -0.2) is 9.97 Å². The molecule has 29 heavy (non-hydrogen) atoms. The van der Waals surface area contributed by atoms with E-state index in [1.165, 1.54) is 6.20 Å². The third kappa shape index (κ3) is 5.22. The third-order valence-electron chi connectivity index (χ3n) is 4.47. The summed E-state index contributed by atoms with van der Waals surface area (Å²) in [5.74, 6) is 1.82. The Hall–Kier alpha value is -3.61. The fourth-order valence-corrected chi connectivity index (χ4v) is 2.82. The van der Waals surface area contributed by atoms with Crippen LogP contribution in [0.3, 0.4) is 0 Å². The normalized spacial score (nSPS) is 10.3. The van der Waals surface area contributed by atoms with Gasteiger partial charge in [0.05, 0.1) is 25.5 Å². The molecule has 0 aliphatic heterocycles. The standard InChI is InChI=1S/C22H24N4O3/c1-15-19(21(27)23-12-16-8-10-18(28-2)11-9-16)14-25-22(26-15)24-13-17-6-4-5-7-20(17)29-3/h4-11,14H,12-13H2,1-3H3,(H,23,27)(H,24,25,26). The number of para-hydroxylation sites is 1. The van der Waals surface area contributed by atoms with Crippen molar-refractivity contribution >= 4 is 11.9 Å². The number of carbonyl (C=O) groups excluding carboxylic acids is 1. The summed E-state index contributed by atoms with van der Waals surface area (Å²) in [5, 5.41) is 6.05. The lowest BCUT2D eigenvalue weighted by molar-refractivity contribution is 0.0949. The lowest BCUT2D eigenvalue weighted by atomic mass is 10.2. The predicted octanol–water partition coefficient (Wildman–Crippen LogP) is 3.34. The molecule has 1 amide bonds. The third-order valence-corrected chi connectivity index (χ3v) is 4.47. The topological polar surface area (TPSA) is 85.4 Å². The van der Waals surface area contributed by atoms with Crippen molar-refractivity contribution in [3.63, 3.8) is 0 Å². The number of nitrogens with zero attached hydrogens (tertiary/aromatic N) is 2. The molecule has 3 aromatic rings. The van der Waals surface area contributed by atoms with Gasteiger partial charge in [0, 0.05) is 24.8 Å². The van der Waals surface area contributed by atoms with Gasteiger partial charge in [-0.05, 0) is 30.7 Å². The average Bonchev–Trinajstić information content (AvgIpc) is 2.76. The molecule has 0 atom stereocenters. The van der Waals surface area contributed by atoms with Crippen molar-refractivity contribution in [3.05, 3.63) is 77.1 Å². The SMILES string of the molecule is COc1ccc(CNC(=O)c2cnc(NCc3ccccc3OC)nc2C)cc1. The second kappa shape index (κ2) is 9.54. The first-order chi connectivity index (χ1) is 14.1. The summed E-state index contributed by atoms with van der Waals surface area (Å²) in [6, 6.07) is 15.3. The number of hydrogen-bond acceptors (Lipinski definition) is 6. The van der Waals surface area contributed by atoms with E-state index in [0.717, 1.165) is 22.6 Å². The molecule has 2 N–H and O–H groups in total. The molecule has 7 heteroatoms. The molecule has 0 aliphatic rings. The fraction of sp³-hybridized carbons (Fsp3) is 0.227. The van der Waals surface area contributed by atoms with Crippen LogP contribution in [0.25, 0.3) is 0 Å². The zero-order valence-electron chi connectivity index (χ0n) is 16.7. The van der Waals surface area contributed by atoms with Gasteiger partial charge in [0.25, 0.3) is 5.91 Å². The lowest BCUT2D eigenvalue weighted by Crippen LogP contribution is -2.24. The minimum atomic E-state index is -0.213. The van der Waals surface area contributed by atoms with E-state index >= 15 is 0 Å². The lowest BCUT2D eigenvalue weighted by Gasteiger charge is -2.11. The smallest absolute Gasteiger partial charge is 0.254 e. The second-order valence-electron chi connectivity index (χ2n) is 6.39. The molecule has 0 saturated carbocycles. The monoisotopic (exact) mass is 392 g/mol. The number of aromatic nitrogens is 2. The molecule has 0 aliphatic carbocycles. The molecule has 150 valence electrons. The van der Waals surface area contributed by atoms with Crippen LogP contribution in [0.5, 0.6) is 11.5 Å². The highest BCUT2D eigenvalue weighted by atomic mass is 16.5. The largest absolute Gasteiger partial charge is 0.497 e. The summed E-state index contributed by atoms with van der Waals surface area (Å²) in [5.41, 5.74) is 3.03. The minimum absolute atomic E-state index is 0.213. The van der Waals surface area contributed by atoms with Gasteiger partial charge in [0.15, 0.2) is 0 Å². The van der Waals surface area contributed by atoms with E-state index in [0.29, 0.717) is 30.3 Å². The van der Waals surface area contributed by atoms with E-state index in [4.69, 9.17) is 9.47 Å². The number of methoxy groups -OCH3 is 2. The van der Waals surface area contributed by atoms with E-state index < -0.39 is 0 Å². The Balaban J connectivity index is 1.60. The van der Waals surface area contributed by atoms with Crippen LogP contribution < -0.4 is 20.1 Å². The Bertz CT molecular complexity index is 974. The zero-order valence-corrected chi connectivity index (χ0v) is 16.7. The van der Waals surface area contributed by atoms with Crippen LogP contribution in [-0.4, -0.2) is 30.1 Å². The first-order valence-corrected chi connectivity index (χ1v) is 9.21. The van der Waals surface area contributed by atoms with Gasteiger partial charge in [-0.2, -0.15) is 0 Å². The maximum Gasteiger partial charge on any atom is 0.254 e. The predicted molar refractivity (Wildman–Crippen MR) is 111 cm³/mol. The van der Waals surface area contributed by atoms with Gasteiger partial charge in [-0.1, -0.05) is 30.3 Å². The molecule has 2 aromatic carbocycles. The summed E-state index contributed by atoms with van der Waals surface area (Å²) in [7, 11) is 3.26. The van der Waals surface area contributed by atoms with E-state index in [-0.39, 0.29) is 5.91 Å². The molecule has 0 radical (unpaired) electrons. The van der Waals surface area contributed by atoms with Crippen LogP contribution in [-0.2, 0) is 13.1 Å². The van der Waals surface area contributed by atoms with Crippen molar-refractivity contribution in [2.75, 3.05) is 19.5 Å². The van der Waals surface area contributed by atoms with Crippen molar-refractivity contribution in [2.24, 2.45) is 0 Å². The molecule has 0 spiro atoms. The Morgan fingerprint density at radius 2 is 1.76 bits per heavy atom. The van der Waals surface area contributed by atoms with Gasteiger partial charge in [-0.3, -0.25) is 4.79 Å². The van der Waals surface area contributed by atoms with Crippen LogP contribution in [0.4, 0.5) is 5.95 Å². The van der Waals surface area contributed by atoms with Crippen molar-refractivity contribution in [1.29, 1.82) is 0 Å². The minimum Gasteiger partial charge on any atom is -0.497 e. The molecule has 1 heterocycles. The van der Waals surface area contributed by atoms with Gasteiger partial charge in [0.1, 0.15) is 11.5 Å². The molecular weight excluding hydrogens is 368 g/mol. The number of aryl methyl sites for hydroxylation is 1. The summed E-state index contributed by atoms with van der Waals surface area (Å²) >= 11 is 0. The summed E-state index contributed by atoms with van der Waals surface area (Å²) in [6.07, 6.45) is 1.54. The number of amides is 1. The van der Waals surface area contributed by atoms with Gasteiger partial charge < -0.3 is 20.1 Å². The van der Waals surface area contributed by atoms with Crippen LogP contribution in [0.2, 0.25) is 0 Å². The van der Waals surface area contributed by atoms with Gasteiger partial charge in [-0.15, -0.1) is 0 Å². The Kier molecular flexibility index (Phi) is 6.63. The van der Waals surface area contributed by atoms with Gasteiger partial charge in [0.2, 0.25) is 5.95 Å². The first kappa shape index (κ1) is 20.1. The Morgan fingerprint density at radius 1 is 1.00 bits per heavy atom.